The Balaban J connectivity index is 1.56. The van der Waals surface area contributed by atoms with Crippen LogP contribution < -0.4 is 5.32 Å². The number of nitrogens with zero attached hydrogens (tertiary/aromatic N) is 3. The molecule has 0 atom stereocenters. The first-order chi connectivity index (χ1) is 11.6. The number of phenolic OH excluding ortho intramolecular Hbond substituents is 1. The Bertz CT molecular complexity index is 852. The first kappa shape index (κ1) is 16.0. The van der Waals surface area contributed by atoms with Gasteiger partial charge in [0.1, 0.15) is 5.75 Å². The van der Waals surface area contributed by atoms with E-state index in [1.54, 1.807) is 37.5 Å². The number of pyridine rings is 1. The molecule has 8 heteroatoms. The van der Waals surface area contributed by atoms with E-state index in [9.17, 15) is 9.90 Å². The standard InChI is InChI=1S/C16H14N4O3S/c1-10-7-12(4-5-13(10)21)18-14(22)9-24-16-20-19-15(23-16)11-3-2-6-17-8-11/h2-8,21H,9H2,1H3,(H,18,22). The van der Waals surface area contributed by atoms with Gasteiger partial charge >= 0.3 is 0 Å². The zero-order valence-corrected chi connectivity index (χ0v) is 13.6. The van der Waals surface area contributed by atoms with Gasteiger partial charge in [-0.2, -0.15) is 0 Å². The number of nitrogens with one attached hydrogen (secondary N) is 1. The van der Waals surface area contributed by atoms with Crippen LogP contribution in [0.25, 0.3) is 11.5 Å². The van der Waals surface area contributed by atoms with Gasteiger partial charge in [-0.3, -0.25) is 9.78 Å². The van der Waals surface area contributed by atoms with E-state index in [4.69, 9.17) is 4.42 Å². The quantitative estimate of drug-likeness (QED) is 0.543. The number of hydrogen-bond acceptors (Lipinski definition) is 7. The van der Waals surface area contributed by atoms with Crippen LogP contribution in [0.2, 0.25) is 0 Å². The summed E-state index contributed by atoms with van der Waals surface area (Å²) < 4.78 is 5.49. The molecule has 7 nitrogen and oxygen atoms in total. The molecule has 2 N–H and O–H groups in total. The number of aryl methyl sites for hydroxylation is 1. The molecule has 0 fully saturated rings. The first-order valence-corrected chi connectivity index (χ1v) is 8.06. The van der Waals surface area contributed by atoms with Crippen molar-refractivity contribution in [3.8, 4) is 17.2 Å². The Morgan fingerprint density at radius 1 is 1.33 bits per heavy atom. The summed E-state index contributed by atoms with van der Waals surface area (Å²) in [5.41, 5.74) is 2.04. The maximum atomic E-state index is 12.0. The Labute approximate surface area is 142 Å². The molecule has 0 aliphatic carbocycles. The maximum Gasteiger partial charge on any atom is 0.277 e. The molecule has 0 spiro atoms. The summed E-state index contributed by atoms with van der Waals surface area (Å²) in [4.78, 5) is 16.0. The normalized spacial score (nSPS) is 10.5. The lowest BCUT2D eigenvalue weighted by molar-refractivity contribution is -0.113. The summed E-state index contributed by atoms with van der Waals surface area (Å²) in [6.07, 6.45) is 3.28. The third-order valence-electron chi connectivity index (χ3n) is 3.12. The first-order valence-electron chi connectivity index (χ1n) is 7.08. The molecule has 0 saturated heterocycles. The van der Waals surface area contributed by atoms with Gasteiger partial charge in [-0.05, 0) is 42.8 Å². The van der Waals surface area contributed by atoms with Crippen LogP contribution >= 0.6 is 11.8 Å². The fourth-order valence-corrected chi connectivity index (χ4v) is 2.49. The predicted molar refractivity (Wildman–Crippen MR) is 89.7 cm³/mol. The predicted octanol–water partition coefficient (Wildman–Crippen LogP) is 2.88. The van der Waals surface area contributed by atoms with Crippen LogP contribution in [0.1, 0.15) is 5.56 Å². The van der Waals surface area contributed by atoms with Crippen LogP contribution in [-0.4, -0.2) is 31.9 Å². The molecule has 24 heavy (non-hydrogen) atoms. The summed E-state index contributed by atoms with van der Waals surface area (Å²) in [6, 6.07) is 8.47. The smallest absolute Gasteiger partial charge is 0.277 e. The van der Waals surface area contributed by atoms with Crippen molar-refractivity contribution < 1.29 is 14.3 Å². The molecule has 0 bridgehead atoms. The lowest BCUT2D eigenvalue weighted by Crippen LogP contribution is -2.14. The fraction of sp³-hybridized carbons (Fsp3) is 0.125. The largest absolute Gasteiger partial charge is 0.508 e. The zero-order chi connectivity index (χ0) is 16.9. The molecule has 2 heterocycles. The van der Waals surface area contributed by atoms with Crippen LogP contribution in [0.4, 0.5) is 5.69 Å². The fourth-order valence-electron chi connectivity index (χ4n) is 1.93. The second-order valence-corrected chi connectivity index (χ2v) is 5.88. The third-order valence-corrected chi connectivity index (χ3v) is 3.94. The van der Waals surface area contributed by atoms with Gasteiger partial charge in [0.15, 0.2) is 0 Å². The molecule has 1 amide bonds. The van der Waals surface area contributed by atoms with Gasteiger partial charge in [0.05, 0.1) is 11.3 Å². The summed E-state index contributed by atoms with van der Waals surface area (Å²) in [5.74, 6) is 0.483. The molecule has 3 aromatic rings. The van der Waals surface area contributed by atoms with E-state index in [-0.39, 0.29) is 17.4 Å². The number of aromatic nitrogens is 3. The van der Waals surface area contributed by atoms with E-state index in [1.807, 2.05) is 6.07 Å². The average Bonchev–Trinajstić information content (AvgIpc) is 3.06. The van der Waals surface area contributed by atoms with Crippen LogP contribution in [0.5, 0.6) is 5.75 Å². The van der Waals surface area contributed by atoms with E-state index >= 15 is 0 Å². The van der Waals surface area contributed by atoms with Crippen molar-refractivity contribution in [3.63, 3.8) is 0 Å². The van der Waals surface area contributed by atoms with E-state index < -0.39 is 0 Å². The van der Waals surface area contributed by atoms with Gasteiger partial charge in [-0.15, -0.1) is 10.2 Å². The Kier molecular flexibility index (Phi) is 4.76. The Hall–Kier alpha value is -2.87. The number of rotatable bonds is 5. The van der Waals surface area contributed by atoms with Crippen molar-refractivity contribution in [3.05, 3.63) is 48.3 Å². The number of aromatic hydroxyl groups is 1. The SMILES string of the molecule is Cc1cc(NC(=O)CSc2nnc(-c3cccnc3)o2)ccc1O. The van der Waals surface area contributed by atoms with Crippen molar-refractivity contribution >= 4 is 23.4 Å². The van der Waals surface area contributed by atoms with Gasteiger partial charge in [0.2, 0.25) is 11.8 Å². The van der Waals surface area contributed by atoms with E-state index in [0.29, 0.717) is 22.4 Å². The molecular formula is C16H14N4O3S. The minimum absolute atomic E-state index is 0.134. The lowest BCUT2D eigenvalue weighted by Gasteiger charge is -2.06. The molecule has 1 aromatic carbocycles. The third kappa shape index (κ3) is 3.90. The summed E-state index contributed by atoms with van der Waals surface area (Å²) in [6.45, 7) is 1.76. The molecule has 3 rings (SSSR count). The second kappa shape index (κ2) is 7.14. The number of amides is 1. The highest BCUT2D eigenvalue weighted by atomic mass is 32.2. The van der Waals surface area contributed by atoms with Crippen LogP contribution in [0.15, 0.2) is 52.4 Å². The number of anilines is 1. The highest BCUT2D eigenvalue weighted by Gasteiger charge is 2.11. The summed E-state index contributed by atoms with van der Waals surface area (Å²) in [7, 11) is 0. The number of carbonyl (C=O) groups excluding carboxylic acids is 1. The van der Waals surface area contributed by atoms with E-state index in [0.717, 1.165) is 17.3 Å². The Morgan fingerprint density at radius 3 is 2.96 bits per heavy atom. The van der Waals surface area contributed by atoms with Crippen LogP contribution in [0, 0.1) is 6.92 Å². The topological polar surface area (TPSA) is 101 Å². The number of hydrogen-bond donors (Lipinski definition) is 2. The molecule has 0 aliphatic heterocycles. The summed E-state index contributed by atoms with van der Waals surface area (Å²) >= 11 is 1.15. The highest BCUT2D eigenvalue weighted by Crippen LogP contribution is 2.23. The van der Waals surface area contributed by atoms with Gasteiger partial charge in [0.25, 0.3) is 5.22 Å². The van der Waals surface area contributed by atoms with Crippen molar-refractivity contribution in [1.29, 1.82) is 0 Å². The molecular weight excluding hydrogens is 328 g/mol. The van der Waals surface area contributed by atoms with Crippen molar-refractivity contribution in [2.24, 2.45) is 0 Å². The number of thioether (sulfide) groups is 1. The van der Waals surface area contributed by atoms with Gasteiger partial charge in [-0.25, -0.2) is 0 Å². The van der Waals surface area contributed by atoms with Gasteiger partial charge in [-0.1, -0.05) is 11.8 Å². The Morgan fingerprint density at radius 2 is 2.21 bits per heavy atom. The summed E-state index contributed by atoms with van der Waals surface area (Å²) in [5, 5.41) is 20.4. The molecule has 0 unspecified atom stereocenters. The second-order valence-electron chi connectivity index (χ2n) is 4.95. The zero-order valence-electron chi connectivity index (χ0n) is 12.8. The average molecular weight is 342 g/mol. The van der Waals surface area contributed by atoms with E-state index in [2.05, 4.69) is 20.5 Å². The minimum Gasteiger partial charge on any atom is -0.508 e. The van der Waals surface area contributed by atoms with Crippen LogP contribution in [-0.2, 0) is 4.79 Å². The molecule has 2 aromatic heterocycles. The molecule has 0 saturated carbocycles. The number of benzene rings is 1. The van der Waals surface area contributed by atoms with Gasteiger partial charge in [0, 0.05) is 18.1 Å². The van der Waals surface area contributed by atoms with Crippen LogP contribution in [0.3, 0.4) is 0 Å². The maximum absolute atomic E-state index is 12.0. The van der Waals surface area contributed by atoms with Crippen molar-refractivity contribution in [2.45, 2.75) is 12.1 Å². The van der Waals surface area contributed by atoms with E-state index in [1.165, 1.54) is 6.07 Å². The van der Waals surface area contributed by atoms with Gasteiger partial charge < -0.3 is 14.8 Å². The number of carbonyl (C=O) groups is 1. The number of phenols is 1. The minimum atomic E-state index is -0.203. The molecule has 0 radical (unpaired) electrons. The molecule has 0 aliphatic rings. The monoisotopic (exact) mass is 342 g/mol. The lowest BCUT2D eigenvalue weighted by atomic mass is 10.2. The highest BCUT2D eigenvalue weighted by molar-refractivity contribution is 7.99. The van der Waals surface area contributed by atoms with Crippen molar-refractivity contribution in [1.82, 2.24) is 15.2 Å². The molecule has 122 valence electrons. The van der Waals surface area contributed by atoms with Crippen molar-refractivity contribution in [2.75, 3.05) is 11.1 Å².